The van der Waals surface area contributed by atoms with Crippen LogP contribution in [0.25, 0.3) is 0 Å². The fourth-order valence-electron chi connectivity index (χ4n) is 0.731. The number of aryl methyl sites for hydroxylation is 1. The molecule has 0 saturated carbocycles. The quantitative estimate of drug-likeness (QED) is 0.599. The molecule has 0 aliphatic carbocycles. The van der Waals surface area contributed by atoms with Crippen LogP contribution < -0.4 is 0 Å². The van der Waals surface area contributed by atoms with Gasteiger partial charge in [0.05, 0.1) is 6.26 Å². The summed E-state index contributed by atoms with van der Waals surface area (Å²) >= 11 is 0. The molecule has 1 heterocycles. The molecule has 0 unspecified atom stereocenters. The van der Waals surface area contributed by atoms with Crippen molar-refractivity contribution in [3.63, 3.8) is 0 Å². The van der Waals surface area contributed by atoms with E-state index in [4.69, 9.17) is 11.3 Å². The summed E-state index contributed by atoms with van der Waals surface area (Å²) in [5.74, 6) is 1.03. The van der Waals surface area contributed by atoms with E-state index in [9.17, 15) is 0 Å². The molecule has 0 spiro atoms. The van der Waals surface area contributed by atoms with Gasteiger partial charge in [0, 0.05) is 6.42 Å². The van der Waals surface area contributed by atoms with Gasteiger partial charge in [-0.1, -0.05) is 0 Å². The summed E-state index contributed by atoms with van der Waals surface area (Å²) in [6, 6.07) is 3.86. The fourth-order valence-corrected chi connectivity index (χ4v) is 0.731. The van der Waals surface area contributed by atoms with Crippen LogP contribution in [0.5, 0.6) is 0 Å². The summed E-state index contributed by atoms with van der Waals surface area (Å²) in [6.45, 7) is 5.30. The van der Waals surface area contributed by atoms with Crippen molar-refractivity contribution in [2.75, 3.05) is 0 Å². The predicted molar refractivity (Wildman–Crippen MR) is 35.9 cm³/mol. The number of unbranched alkanes of at least 4 members (excludes halogenated alkanes) is 1. The Bertz CT molecular complexity index is 142. The maximum absolute atomic E-state index is 5.30. The average molecular weight is 122 g/mol. The summed E-state index contributed by atoms with van der Waals surface area (Å²) in [7, 11) is 0. The Hall–Kier alpha value is -0.720. The summed E-state index contributed by atoms with van der Waals surface area (Å²) < 4.78 is 5.08. The van der Waals surface area contributed by atoms with Gasteiger partial charge in [0.1, 0.15) is 5.76 Å². The van der Waals surface area contributed by atoms with Crippen molar-refractivity contribution in [2.24, 2.45) is 0 Å². The second-order valence-corrected chi connectivity index (χ2v) is 1.97. The van der Waals surface area contributed by atoms with Crippen LogP contribution in [0.3, 0.4) is 0 Å². The fraction of sp³-hybridized carbons (Fsp3) is 0.375. The zero-order valence-electron chi connectivity index (χ0n) is 5.34. The Morgan fingerprint density at radius 2 is 2.44 bits per heavy atom. The van der Waals surface area contributed by atoms with Gasteiger partial charge in [0.15, 0.2) is 0 Å². The Balaban J connectivity index is 2.30. The van der Waals surface area contributed by atoms with Crippen molar-refractivity contribution in [3.8, 4) is 0 Å². The van der Waals surface area contributed by atoms with Crippen LogP contribution in [0.15, 0.2) is 22.8 Å². The van der Waals surface area contributed by atoms with E-state index >= 15 is 0 Å². The first kappa shape index (κ1) is 6.40. The van der Waals surface area contributed by atoms with Crippen LogP contribution >= 0.6 is 0 Å². The number of rotatable bonds is 3. The maximum Gasteiger partial charge on any atom is 0.103 e. The highest BCUT2D eigenvalue weighted by atomic mass is 16.3. The summed E-state index contributed by atoms with van der Waals surface area (Å²) in [6.07, 6.45) is 4.39. The van der Waals surface area contributed by atoms with Gasteiger partial charge in [-0.15, -0.1) is 0 Å². The molecule has 0 saturated heterocycles. The lowest BCUT2D eigenvalue weighted by Gasteiger charge is -1.89. The summed E-state index contributed by atoms with van der Waals surface area (Å²) in [5, 5.41) is 0. The van der Waals surface area contributed by atoms with Crippen molar-refractivity contribution in [1.29, 1.82) is 0 Å². The second kappa shape index (κ2) is 3.33. The Kier molecular flexibility index (Phi) is 2.37. The van der Waals surface area contributed by atoms with E-state index in [0.29, 0.717) is 0 Å². The van der Waals surface area contributed by atoms with Gasteiger partial charge in [-0.2, -0.15) is 0 Å². The third kappa shape index (κ3) is 1.92. The standard InChI is InChI=1S/C8H10O/c1-2-3-5-8-6-4-7-9-8/h1,4,6-7H,2-3,5H2. The number of furan rings is 1. The lowest BCUT2D eigenvalue weighted by atomic mass is 10.2. The Labute approximate surface area is 55.7 Å². The van der Waals surface area contributed by atoms with Gasteiger partial charge >= 0.3 is 0 Å². The minimum absolute atomic E-state index is 0.737. The average Bonchev–Trinajstić information content (AvgIpc) is 2.34. The van der Waals surface area contributed by atoms with E-state index in [1.54, 1.807) is 6.26 Å². The van der Waals surface area contributed by atoms with Gasteiger partial charge in [0.2, 0.25) is 0 Å². The SMILES string of the molecule is [CH]CCCc1ccco1. The van der Waals surface area contributed by atoms with E-state index in [1.807, 2.05) is 12.1 Å². The van der Waals surface area contributed by atoms with Gasteiger partial charge in [-0.05, 0) is 31.9 Å². The van der Waals surface area contributed by atoms with Crippen LogP contribution in [0.2, 0.25) is 0 Å². The van der Waals surface area contributed by atoms with Crippen molar-refractivity contribution in [2.45, 2.75) is 19.3 Å². The van der Waals surface area contributed by atoms with Crippen LogP contribution in [0.4, 0.5) is 0 Å². The van der Waals surface area contributed by atoms with E-state index in [2.05, 4.69) is 0 Å². The van der Waals surface area contributed by atoms with E-state index in [1.165, 1.54) is 0 Å². The molecule has 1 aromatic heterocycles. The van der Waals surface area contributed by atoms with Crippen molar-refractivity contribution < 1.29 is 4.42 Å². The molecule has 1 nitrogen and oxygen atoms in total. The monoisotopic (exact) mass is 122 g/mol. The van der Waals surface area contributed by atoms with Crippen LogP contribution in [-0.2, 0) is 6.42 Å². The molecule has 0 atom stereocenters. The molecule has 0 fully saturated rings. The van der Waals surface area contributed by atoms with Gasteiger partial charge < -0.3 is 4.42 Å². The van der Waals surface area contributed by atoms with Gasteiger partial charge in [-0.25, -0.2) is 0 Å². The molecule has 9 heavy (non-hydrogen) atoms. The molecule has 0 aromatic carbocycles. The molecule has 0 aliphatic heterocycles. The number of hydrogen-bond donors (Lipinski definition) is 0. The number of hydrogen-bond acceptors (Lipinski definition) is 1. The van der Waals surface area contributed by atoms with Crippen molar-refractivity contribution in [1.82, 2.24) is 0 Å². The predicted octanol–water partition coefficient (Wildman–Crippen LogP) is 2.31. The lowest BCUT2D eigenvalue weighted by Crippen LogP contribution is -1.78. The molecule has 0 N–H and O–H groups in total. The normalized spacial score (nSPS) is 9.89. The first-order valence-corrected chi connectivity index (χ1v) is 3.16. The van der Waals surface area contributed by atoms with Crippen LogP contribution in [-0.4, -0.2) is 0 Å². The highest BCUT2D eigenvalue weighted by Crippen LogP contribution is 2.04. The zero-order valence-corrected chi connectivity index (χ0v) is 5.34. The molecule has 0 amide bonds. The largest absolute Gasteiger partial charge is 0.469 e. The highest BCUT2D eigenvalue weighted by Gasteiger charge is 1.91. The zero-order chi connectivity index (χ0) is 6.53. The van der Waals surface area contributed by atoms with E-state index in [-0.39, 0.29) is 0 Å². The first-order valence-electron chi connectivity index (χ1n) is 3.16. The molecule has 0 aliphatic rings. The molecule has 1 aromatic rings. The minimum atomic E-state index is 0.737. The summed E-state index contributed by atoms with van der Waals surface area (Å²) in [4.78, 5) is 0. The van der Waals surface area contributed by atoms with Crippen molar-refractivity contribution >= 4 is 0 Å². The lowest BCUT2D eigenvalue weighted by molar-refractivity contribution is 0.502. The third-order valence-corrected chi connectivity index (χ3v) is 1.21. The molecular formula is C8H10O. The van der Waals surface area contributed by atoms with Crippen LogP contribution in [0.1, 0.15) is 18.6 Å². The van der Waals surface area contributed by atoms with Gasteiger partial charge in [0.25, 0.3) is 0 Å². The smallest absolute Gasteiger partial charge is 0.103 e. The topological polar surface area (TPSA) is 13.1 Å². The summed E-state index contributed by atoms with van der Waals surface area (Å²) in [5.41, 5.74) is 0. The van der Waals surface area contributed by atoms with Gasteiger partial charge in [-0.3, -0.25) is 0 Å². The molecular weight excluding hydrogens is 112 g/mol. The molecule has 2 radical (unpaired) electrons. The molecule has 0 bridgehead atoms. The minimum Gasteiger partial charge on any atom is -0.469 e. The third-order valence-electron chi connectivity index (χ3n) is 1.21. The molecule has 48 valence electrons. The molecule has 1 rings (SSSR count). The highest BCUT2D eigenvalue weighted by molar-refractivity contribution is 4.97. The Morgan fingerprint density at radius 1 is 1.56 bits per heavy atom. The Morgan fingerprint density at radius 3 is 3.00 bits per heavy atom. The van der Waals surface area contributed by atoms with Crippen molar-refractivity contribution in [3.05, 3.63) is 31.1 Å². The van der Waals surface area contributed by atoms with Crippen LogP contribution in [0, 0.1) is 6.92 Å². The first-order chi connectivity index (χ1) is 4.43. The van der Waals surface area contributed by atoms with E-state index < -0.39 is 0 Å². The molecule has 1 heteroatoms. The van der Waals surface area contributed by atoms with E-state index in [0.717, 1.165) is 25.0 Å². The maximum atomic E-state index is 5.30. The second-order valence-electron chi connectivity index (χ2n) is 1.97.